The fraction of sp³-hybridized carbons (Fsp3) is 0.600. The molecule has 0 aliphatic heterocycles. The van der Waals surface area contributed by atoms with Gasteiger partial charge >= 0.3 is 0 Å². The Hall–Kier alpha value is -0.570. The first-order chi connectivity index (χ1) is 4.16. The lowest BCUT2D eigenvalue weighted by atomic mass is 10.5. The summed E-state index contributed by atoms with van der Waals surface area (Å²) in [4.78, 5) is 4.49. The lowest BCUT2D eigenvalue weighted by Gasteiger charge is -1.93. The molecule has 0 aromatic carbocycles. The Kier molecular flexibility index (Phi) is 4.05. The molecule has 0 rings (SSSR count). The van der Waals surface area contributed by atoms with Gasteiger partial charge in [-0.2, -0.15) is 0 Å². The smallest absolute Gasteiger partial charge is 0.232 e. The van der Waals surface area contributed by atoms with Crippen LogP contribution in [0.25, 0.3) is 0 Å². The molecule has 0 aliphatic carbocycles. The lowest BCUT2D eigenvalue weighted by molar-refractivity contribution is 0.322. The Morgan fingerprint density at radius 3 is 2.56 bits per heavy atom. The lowest BCUT2D eigenvalue weighted by Crippen LogP contribution is -2.00. The van der Waals surface area contributed by atoms with Crippen LogP contribution in [0.1, 0.15) is 13.8 Å². The summed E-state index contributed by atoms with van der Waals surface area (Å²) in [6.07, 6.45) is 0. The van der Waals surface area contributed by atoms with Crippen molar-refractivity contribution in [3.63, 3.8) is 0 Å². The Morgan fingerprint density at radius 1 is 1.67 bits per heavy atom. The topological polar surface area (TPSA) is 45.4 Å². The first kappa shape index (κ1) is 8.43. The zero-order valence-electron chi connectivity index (χ0n) is 5.44. The highest BCUT2D eigenvalue weighted by atomic mass is 35.5. The zero-order valence-corrected chi connectivity index (χ0v) is 6.20. The minimum Gasteiger partial charge on any atom is -0.341 e. The molecule has 0 saturated heterocycles. The third-order valence-electron chi connectivity index (χ3n) is 0.460. The Labute approximate surface area is 59.2 Å². The van der Waals surface area contributed by atoms with Gasteiger partial charge in [-0.1, -0.05) is 5.16 Å². The van der Waals surface area contributed by atoms with Gasteiger partial charge in [0.2, 0.25) is 5.90 Å². The molecule has 0 heterocycles. The van der Waals surface area contributed by atoms with Crippen molar-refractivity contribution in [2.75, 3.05) is 5.88 Å². The minimum absolute atomic E-state index is 0.0298. The quantitative estimate of drug-likeness (QED) is 0.275. The average Bonchev–Trinajstić information content (AvgIpc) is 1.83. The first-order valence-corrected chi connectivity index (χ1v) is 3.02. The maximum Gasteiger partial charge on any atom is 0.232 e. The van der Waals surface area contributed by atoms with E-state index >= 15 is 0 Å². The largest absolute Gasteiger partial charge is 0.341 e. The van der Waals surface area contributed by atoms with Gasteiger partial charge in [-0.05, 0) is 13.8 Å². The summed E-state index contributed by atoms with van der Waals surface area (Å²) in [5.74, 6) is 0.0365. The van der Waals surface area contributed by atoms with Crippen LogP contribution in [0.3, 0.4) is 0 Å². The van der Waals surface area contributed by atoms with Gasteiger partial charge in [0.25, 0.3) is 0 Å². The van der Waals surface area contributed by atoms with E-state index in [1.165, 1.54) is 0 Å². The van der Waals surface area contributed by atoms with E-state index in [1.807, 2.05) is 0 Å². The van der Waals surface area contributed by atoms with Gasteiger partial charge in [-0.25, -0.2) is 0 Å². The maximum absolute atomic E-state index is 6.87. The molecular formula is C5H9ClN2O. The normalized spacial score (nSPS) is 8.33. The van der Waals surface area contributed by atoms with Crippen molar-refractivity contribution in [1.29, 1.82) is 5.41 Å². The Balaban J connectivity index is 3.50. The molecule has 0 radical (unpaired) electrons. The molecule has 0 bridgehead atoms. The van der Waals surface area contributed by atoms with E-state index in [1.54, 1.807) is 13.8 Å². The van der Waals surface area contributed by atoms with Crippen LogP contribution in [0.15, 0.2) is 5.16 Å². The van der Waals surface area contributed by atoms with Gasteiger partial charge in [0, 0.05) is 0 Å². The summed E-state index contributed by atoms with van der Waals surface area (Å²) in [6.45, 7) is 3.56. The van der Waals surface area contributed by atoms with E-state index < -0.39 is 0 Å². The molecule has 0 atom stereocenters. The number of rotatable bonds is 2. The van der Waals surface area contributed by atoms with E-state index in [0.717, 1.165) is 5.71 Å². The van der Waals surface area contributed by atoms with Gasteiger partial charge in [0.15, 0.2) is 0 Å². The Morgan fingerprint density at radius 2 is 2.22 bits per heavy atom. The third-order valence-corrected chi connectivity index (χ3v) is 0.703. The molecule has 0 unspecified atom stereocenters. The van der Waals surface area contributed by atoms with E-state index in [4.69, 9.17) is 17.0 Å². The molecule has 0 saturated carbocycles. The summed E-state index contributed by atoms with van der Waals surface area (Å²) >= 11 is 5.22. The summed E-state index contributed by atoms with van der Waals surface area (Å²) < 4.78 is 0. The van der Waals surface area contributed by atoms with Crippen molar-refractivity contribution in [2.24, 2.45) is 5.16 Å². The van der Waals surface area contributed by atoms with Crippen molar-refractivity contribution in [2.45, 2.75) is 13.8 Å². The summed E-state index contributed by atoms with van der Waals surface area (Å²) in [6, 6.07) is 0. The molecule has 0 aromatic rings. The van der Waals surface area contributed by atoms with Crippen LogP contribution >= 0.6 is 11.6 Å². The second kappa shape index (κ2) is 4.32. The second-order valence-electron chi connectivity index (χ2n) is 1.69. The molecule has 4 heteroatoms. The van der Waals surface area contributed by atoms with Gasteiger partial charge in [0.05, 0.1) is 5.71 Å². The number of hydrogen-bond acceptors (Lipinski definition) is 3. The van der Waals surface area contributed by atoms with Gasteiger partial charge < -0.3 is 4.84 Å². The standard InChI is InChI=1S/C5H9ClN2O/c1-4(2)8-9-5(7)3-6/h7H,3H2,1-2H3. The molecule has 0 aromatic heterocycles. The van der Waals surface area contributed by atoms with Crippen molar-refractivity contribution < 1.29 is 4.84 Å². The number of alkyl halides is 1. The maximum atomic E-state index is 6.87. The molecular weight excluding hydrogens is 140 g/mol. The Bertz CT molecular complexity index is 129. The highest BCUT2D eigenvalue weighted by molar-refractivity contribution is 6.26. The molecule has 0 amide bonds. The summed E-state index contributed by atoms with van der Waals surface area (Å²) in [5, 5.41) is 10.4. The second-order valence-corrected chi connectivity index (χ2v) is 1.95. The zero-order chi connectivity index (χ0) is 7.28. The average molecular weight is 149 g/mol. The van der Waals surface area contributed by atoms with Crippen molar-refractivity contribution in [1.82, 2.24) is 0 Å². The molecule has 1 N–H and O–H groups in total. The molecule has 0 fully saturated rings. The van der Waals surface area contributed by atoms with Crippen LogP contribution < -0.4 is 0 Å². The SMILES string of the molecule is CC(C)=NOC(=N)CCl. The van der Waals surface area contributed by atoms with Crippen LogP contribution in [-0.2, 0) is 4.84 Å². The van der Waals surface area contributed by atoms with Gasteiger partial charge in [-0.3, -0.25) is 5.41 Å². The highest BCUT2D eigenvalue weighted by Gasteiger charge is 1.90. The molecule has 9 heavy (non-hydrogen) atoms. The van der Waals surface area contributed by atoms with Crippen molar-refractivity contribution in [3.05, 3.63) is 0 Å². The number of halogens is 1. The van der Waals surface area contributed by atoms with E-state index in [-0.39, 0.29) is 11.8 Å². The number of oxime groups is 1. The molecule has 52 valence electrons. The highest BCUT2D eigenvalue weighted by Crippen LogP contribution is 1.85. The van der Waals surface area contributed by atoms with E-state index in [9.17, 15) is 0 Å². The summed E-state index contributed by atoms with van der Waals surface area (Å²) in [5.41, 5.74) is 0.768. The van der Waals surface area contributed by atoms with Crippen molar-refractivity contribution in [3.8, 4) is 0 Å². The first-order valence-electron chi connectivity index (χ1n) is 2.48. The number of hydrogen-bond donors (Lipinski definition) is 1. The van der Waals surface area contributed by atoms with E-state index in [0.29, 0.717) is 0 Å². The predicted octanol–water partition coefficient (Wildman–Crippen LogP) is 1.61. The fourth-order valence-electron chi connectivity index (χ4n) is 0.171. The molecule has 0 aliphatic rings. The number of nitrogens with zero attached hydrogens (tertiary/aromatic N) is 1. The van der Waals surface area contributed by atoms with Crippen LogP contribution in [0.5, 0.6) is 0 Å². The third kappa shape index (κ3) is 5.30. The van der Waals surface area contributed by atoms with Crippen molar-refractivity contribution >= 4 is 23.2 Å². The molecule has 3 nitrogen and oxygen atoms in total. The van der Waals surface area contributed by atoms with Crippen LogP contribution in [-0.4, -0.2) is 17.5 Å². The fourth-order valence-corrected chi connectivity index (χ4v) is 0.220. The van der Waals surface area contributed by atoms with Crippen LogP contribution in [0.4, 0.5) is 0 Å². The number of nitrogens with one attached hydrogen (secondary N) is 1. The summed E-state index contributed by atoms with van der Waals surface area (Å²) in [7, 11) is 0. The van der Waals surface area contributed by atoms with Crippen LogP contribution in [0, 0.1) is 5.41 Å². The van der Waals surface area contributed by atoms with Crippen LogP contribution in [0.2, 0.25) is 0 Å². The predicted molar refractivity (Wildman–Crippen MR) is 38.3 cm³/mol. The van der Waals surface area contributed by atoms with Gasteiger partial charge in [0.1, 0.15) is 5.88 Å². The van der Waals surface area contributed by atoms with Gasteiger partial charge in [-0.15, -0.1) is 11.6 Å². The molecule has 0 spiro atoms. The minimum atomic E-state index is -0.0298. The monoisotopic (exact) mass is 148 g/mol. The van der Waals surface area contributed by atoms with E-state index in [2.05, 4.69) is 9.99 Å².